The topological polar surface area (TPSA) is 102 Å². The first-order valence-corrected chi connectivity index (χ1v) is 9.97. The number of methoxy groups -OCH3 is 1. The highest BCUT2D eigenvalue weighted by molar-refractivity contribution is 6.30. The van der Waals surface area contributed by atoms with Gasteiger partial charge in [-0.05, 0) is 65.2 Å². The van der Waals surface area contributed by atoms with Crippen LogP contribution in [0.15, 0.2) is 72.8 Å². The highest BCUT2D eigenvalue weighted by atomic mass is 35.5. The van der Waals surface area contributed by atoms with E-state index in [0.717, 1.165) is 0 Å². The number of hydrogen-bond donors (Lipinski definition) is 0. The average Bonchev–Trinajstić information content (AvgIpc) is 2.82. The minimum absolute atomic E-state index is 0.0384. The number of carbonyl (C=O) groups excluding carboxylic acids is 1. The van der Waals surface area contributed by atoms with Crippen molar-refractivity contribution < 1.29 is 19.2 Å². The van der Waals surface area contributed by atoms with Crippen LogP contribution in [-0.4, -0.2) is 18.0 Å². The van der Waals surface area contributed by atoms with Crippen molar-refractivity contribution in [2.75, 3.05) is 7.11 Å². The molecule has 0 radical (unpaired) electrons. The summed E-state index contributed by atoms with van der Waals surface area (Å²) in [4.78, 5) is 22.4. The fourth-order valence-corrected chi connectivity index (χ4v) is 3.07. The zero-order chi connectivity index (χ0) is 23.8. The first-order valence-electron chi connectivity index (χ1n) is 9.59. The molecule has 0 bridgehead atoms. The molecule has 33 heavy (non-hydrogen) atoms. The van der Waals surface area contributed by atoms with Crippen molar-refractivity contribution in [2.24, 2.45) is 0 Å². The van der Waals surface area contributed by atoms with Gasteiger partial charge in [-0.1, -0.05) is 29.8 Å². The smallest absolute Gasteiger partial charge is 0.336 e. The Morgan fingerprint density at radius 2 is 1.79 bits per heavy atom. The summed E-state index contributed by atoms with van der Waals surface area (Å²) >= 11 is 6.01. The summed E-state index contributed by atoms with van der Waals surface area (Å²) in [5.41, 5.74) is 2.33. The predicted octanol–water partition coefficient (Wildman–Crippen LogP) is 5.94. The number of rotatable bonds is 7. The van der Waals surface area contributed by atoms with Crippen LogP contribution in [0.4, 0.5) is 5.69 Å². The number of nitriles is 1. The van der Waals surface area contributed by atoms with E-state index in [2.05, 4.69) is 6.07 Å². The summed E-state index contributed by atoms with van der Waals surface area (Å²) in [6, 6.07) is 19.8. The molecule has 0 spiro atoms. The summed E-state index contributed by atoms with van der Waals surface area (Å²) in [5, 5.41) is 20.8. The van der Waals surface area contributed by atoms with Gasteiger partial charge in [0.2, 0.25) is 0 Å². The monoisotopic (exact) mass is 460 g/mol. The van der Waals surface area contributed by atoms with Crippen molar-refractivity contribution in [3.05, 3.63) is 105 Å². The van der Waals surface area contributed by atoms with E-state index < -0.39 is 10.9 Å². The normalized spacial score (nSPS) is 11.1. The second kappa shape index (κ2) is 10.8. The van der Waals surface area contributed by atoms with Gasteiger partial charge in [0.15, 0.2) is 11.5 Å². The van der Waals surface area contributed by atoms with Crippen LogP contribution in [0.3, 0.4) is 0 Å². The maximum absolute atomic E-state index is 12.2. The van der Waals surface area contributed by atoms with Crippen molar-refractivity contribution in [2.45, 2.75) is 0 Å². The zero-order valence-electron chi connectivity index (χ0n) is 17.4. The van der Waals surface area contributed by atoms with Gasteiger partial charge in [-0.3, -0.25) is 10.1 Å². The Bertz CT molecular complexity index is 1290. The number of allylic oxidation sites excluding steroid dienone is 1. The molecule has 3 rings (SSSR count). The molecule has 8 heteroatoms. The standard InChI is InChI=1S/C25H17ClN2O5/c1-32-24-14-18(13-20(16-27)19-3-2-4-21(26)15-19)7-11-23(24)33-25(29)12-8-17-5-9-22(10-6-17)28(30)31/h2-15H,1H3/b12-8+,20-13-. The number of carbonyl (C=O) groups is 1. The zero-order valence-corrected chi connectivity index (χ0v) is 18.2. The van der Waals surface area contributed by atoms with Gasteiger partial charge >= 0.3 is 5.97 Å². The molecular formula is C25H17ClN2O5. The summed E-state index contributed by atoms with van der Waals surface area (Å²) in [6.45, 7) is 0. The van der Waals surface area contributed by atoms with Crippen molar-refractivity contribution in [3.63, 3.8) is 0 Å². The van der Waals surface area contributed by atoms with Gasteiger partial charge in [-0.25, -0.2) is 4.79 Å². The second-order valence-electron chi connectivity index (χ2n) is 6.69. The summed E-state index contributed by atoms with van der Waals surface area (Å²) < 4.78 is 10.7. The number of esters is 1. The van der Waals surface area contributed by atoms with E-state index in [1.54, 1.807) is 48.5 Å². The Morgan fingerprint density at radius 1 is 1.06 bits per heavy atom. The van der Waals surface area contributed by atoms with Gasteiger partial charge in [0.25, 0.3) is 5.69 Å². The second-order valence-corrected chi connectivity index (χ2v) is 7.13. The Hall–Kier alpha value is -4.41. The number of hydrogen-bond acceptors (Lipinski definition) is 6. The van der Waals surface area contributed by atoms with E-state index in [4.69, 9.17) is 21.1 Å². The third-order valence-corrected chi connectivity index (χ3v) is 4.72. The van der Waals surface area contributed by atoms with E-state index in [9.17, 15) is 20.2 Å². The third kappa shape index (κ3) is 6.29. The van der Waals surface area contributed by atoms with Crippen LogP contribution < -0.4 is 9.47 Å². The molecule has 0 fully saturated rings. The lowest BCUT2D eigenvalue weighted by molar-refractivity contribution is -0.384. The molecule has 164 valence electrons. The Balaban J connectivity index is 1.76. The fourth-order valence-electron chi connectivity index (χ4n) is 2.87. The largest absolute Gasteiger partial charge is 0.493 e. The Kier molecular flexibility index (Phi) is 7.58. The lowest BCUT2D eigenvalue weighted by atomic mass is 10.0. The number of nitro benzene ring substituents is 1. The van der Waals surface area contributed by atoms with Crippen LogP contribution in [0.5, 0.6) is 11.5 Å². The van der Waals surface area contributed by atoms with Crippen LogP contribution >= 0.6 is 11.6 Å². The number of ether oxygens (including phenoxy) is 2. The SMILES string of the molecule is COc1cc(/C=C(/C#N)c2cccc(Cl)c2)ccc1OC(=O)/C=C/c1ccc([N+](=O)[O-])cc1. The summed E-state index contributed by atoms with van der Waals surface area (Å²) in [5.74, 6) is -0.134. The number of nitrogens with zero attached hydrogens (tertiary/aromatic N) is 2. The minimum atomic E-state index is -0.647. The van der Waals surface area contributed by atoms with Crippen LogP contribution in [0, 0.1) is 21.4 Å². The molecule has 0 heterocycles. The van der Waals surface area contributed by atoms with Crippen molar-refractivity contribution >= 4 is 41.0 Å². The van der Waals surface area contributed by atoms with Gasteiger partial charge in [0.1, 0.15) is 0 Å². The Labute approximate surface area is 194 Å². The van der Waals surface area contributed by atoms with Gasteiger partial charge in [-0.2, -0.15) is 5.26 Å². The van der Waals surface area contributed by atoms with Gasteiger partial charge in [0, 0.05) is 23.2 Å². The Morgan fingerprint density at radius 3 is 2.42 bits per heavy atom. The van der Waals surface area contributed by atoms with Crippen LogP contribution in [0.2, 0.25) is 5.02 Å². The predicted molar refractivity (Wildman–Crippen MR) is 126 cm³/mol. The first kappa shape index (κ1) is 23.3. The van der Waals surface area contributed by atoms with Gasteiger partial charge < -0.3 is 9.47 Å². The average molecular weight is 461 g/mol. The highest BCUT2D eigenvalue weighted by Crippen LogP contribution is 2.30. The van der Waals surface area contributed by atoms with Crippen LogP contribution in [0.25, 0.3) is 17.7 Å². The summed E-state index contributed by atoms with van der Waals surface area (Å²) in [7, 11) is 1.44. The molecule has 0 N–H and O–H groups in total. The van der Waals surface area contributed by atoms with E-state index in [1.807, 2.05) is 0 Å². The molecule has 0 unspecified atom stereocenters. The number of halogens is 1. The van der Waals surface area contributed by atoms with Crippen LogP contribution in [-0.2, 0) is 4.79 Å². The number of nitro groups is 1. The molecular weight excluding hydrogens is 444 g/mol. The van der Waals surface area contributed by atoms with Gasteiger partial charge in [0.05, 0.1) is 23.7 Å². The molecule has 3 aromatic rings. The first-order chi connectivity index (χ1) is 15.9. The molecule has 0 aromatic heterocycles. The fraction of sp³-hybridized carbons (Fsp3) is 0.0400. The third-order valence-electron chi connectivity index (χ3n) is 4.48. The van der Waals surface area contributed by atoms with Crippen LogP contribution in [0.1, 0.15) is 16.7 Å². The molecule has 3 aromatic carbocycles. The minimum Gasteiger partial charge on any atom is -0.493 e. The molecule has 0 aliphatic heterocycles. The van der Waals surface area contributed by atoms with Crippen molar-refractivity contribution in [3.8, 4) is 17.6 Å². The highest BCUT2D eigenvalue weighted by Gasteiger charge is 2.10. The molecule has 0 saturated heterocycles. The molecule has 0 saturated carbocycles. The molecule has 0 atom stereocenters. The van der Waals surface area contributed by atoms with Gasteiger partial charge in [-0.15, -0.1) is 0 Å². The van der Waals surface area contributed by atoms with Crippen molar-refractivity contribution in [1.82, 2.24) is 0 Å². The number of non-ortho nitro benzene ring substituents is 1. The molecule has 0 aliphatic carbocycles. The lowest BCUT2D eigenvalue weighted by Gasteiger charge is -2.09. The van der Waals surface area contributed by atoms with Crippen molar-refractivity contribution in [1.29, 1.82) is 5.26 Å². The van der Waals surface area contributed by atoms with E-state index in [0.29, 0.717) is 33.0 Å². The molecule has 0 amide bonds. The molecule has 0 aliphatic rings. The number of benzene rings is 3. The molecule has 7 nitrogen and oxygen atoms in total. The maximum atomic E-state index is 12.2. The van der Waals surface area contributed by atoms with E-state index >= 15 is 0 Å². The lowest BCUT2D eigenvalue weighted by Crippen LogP contribution is -2.05. The quantitative estimate of drug-likeness (QED) is 0.0822. The van der Waals surface area contributed by atoms with E-state index in [-0.39, 0.29) is 11.4 Å². The maximum Gasteiger partial charge on any atom is 0.336 e. The summed E-state index contributed by atoms with van der Waals surface area (Å²) in [6.07, 6.45) is 4.37. The van der Waals surface area contributed by atoms with E-state index in [1.165, 1.54) is 43.5 Å².